The Balaban J connectivity index is 1.72. The molecule has 1 aromatic carbocycles. The number of anilines is 1. The summed E-state index contributed by atoms with van der Waals surface area (Å²) in [6, 6.07) is 4.10. The minimum atomic E-state index is -0.573. The van der Waals surface area contributed by atoms with Gasteiger partial charge in [-0.25, -0.2) is 4.39 Å². The molecule has 2 aliphatic heterocycles. The van der Waals surface area contributed by atoms with Gasteiger partial charge in [0.1, 0.15) is 5.82 Å². The maximum Gasteiger partial charge on any atom is 0.228 e. The van der Waals surface area contributed by atoms with E-state index in [1.165, 1.54) is 12.1 Å². The third kappa shape index (κ3) is 3.05. The Morgan fingerprint density at radius 2 is 2.33 bits per heavy atom. The first-order valence-electron chi connectivity index (χ1n) is 7.12. The van der Waals surface area contributed by atoms with Gasteiger partial charge in [0, 0.05) is 25.3 Å². The lowest BCUT2D eigenvalue weighted by Crippen LogP contribution is -2.38. The van der Waals surface area contributed by atoms with E-state index in [0.29, 0.717) is 17.8 Å². The Hall–Kier alpha value is -1.95. The number of rotatable bonds is 3. The van der Waals surface area contributed by atoms with Crippen LogP contribution in [0.3, 0.4) is 0 Å². The number of hydrogen-bond acceptors (Lipinski definition) is 3. The van der Waals surface area contributed by atoms with Crippen molar-refractivity contribution in [1.82, 2.24) is 5.32 Å². The van der Waals surface area contributed by atoms with Crippen molar-refractivity contribution in [2.75, 3.05) is 18.5 Å². The van der Waals surface area contributed by atoms with Crippen molar-refractivity contribution in [1.29, 1.82) is 0 Å². The molecular weight excluding hydrogens is 275 g/mol. The van der Waals surface area contributed by atoms with Crippen molar-refractivity contribution in [3.63, 3.8) is 0 Å². The fourth-order valence-corrected chi connectivity index (χ4v) is 2.81. The molecule has 1 fully saturated rings. The average Bonchev–Trinajstić information content (AvgIpc) is 2.96. The molecule has 0 aromatic heterocycles. The number of benzene rings is 1. The molecule has 3 rings (SSSR count). The molecule has 2 atom stereocenters. The van der Waals surface area contributed by atoms with Gasteiger partial charge in [0.25, 0.3) is 0 Å². The van der Waals surface area contributed by atoms with Crippen LogP contribution in [0.4, 0.5) is 10.1 Å². The quantitative estimate of drug-likeness (QED) is 0.888. The third-order valence-electron chi connectivity index (χ3n) is 3.90. The standard InChI is InChI=1S/C15H17FN2O3/c16-9-3-4-11-12(7-14(19)18-13(11)6-9)15(20)17-8-10-2-1-5-21-10/h3-4,6,10,12H,1-2,5,7-8H2,(H,17,20)(H,18,19). The van der Waals surface area contributed by atoms with Gasteiger partial charge < -0.3 is 15.4 Å². The summed E-state index contributed by atoms with van der Waals surface area (Å²) in [4.78, 5) is 24.0. The topological polar surface area (TPSA) is 67.4 Å². The molecule has 21 heavy (non-hydrogen) atoms. The van der Waals surface area contributed by atoms with E-state index in [1.807, 2.05) is 0 Å². The van der Waals surface area contributed by atoms with Gasteiger partial charge in [-0.3, -0.25) is 9.59 Å². The number of carbonyl (C=O) groups excluding carboxylic acids is 2. The number of amides is 2. The van der Waals surface area contributed by atoms with Crippen LogP contribution in [0.2, 0.25) is 0 Å². The summed E-state index contributed by atoms with van der Waals surface area (Å²) in [6.07, 6.45) is 2.08. The van der Waals surface area contributed by atoms with Crippen LogP contribution < -0.4 is 10.6 Å². The Morgan fingerprint density at radius 3 is 3.10 bits per heavy atom. The second-order valence-electron chi connectivity index (χ2n) is 5.42. The van der Waals surface area contributed by atoms with Crippen molar-refractivity contribution < 1.29 is 18.7 Å². The first-order valence-corrected chi connectivity index (χ1v) is 7.12. The molecule has 2 unspecified atom stereocenters. The highest BCUT2D eigenvalue weighted by atomic mass is 19.1. The highest BCUT2D eigenvalue weighted by Gasteiger charge is 2.31. The number of fused-ring (bicyclic) bond motifs is 1. The van der Waals surface area contributed by atoms with Gasteiger partial charge in [-0.1, -0.05) is 6.07 Å². The van der Waals surface area contributed by atoms with Crippen LogP contribution in [0.15, 0.2) is 18.2 Å². The summed E-state index contributed by atoms with van der Waals surface area (Å²) >= 11 is 0. The maximum atomic E-state index is 13.2. The molecule has 0 saturated carbocycles. The van der Waals surface area contributed by atoms with Crippen LogP contribution in [0.1, 0.15) is 30.7 Å². The molecule has 0 radical (unpaired) electrons. The van der Waals surface area contributed by atoms with E-state index in [9.17, 15) is 14.0 Å². The van der Waals surface area contributed by atoms with E-state index in [1.54, 1.807) is 6.07 Å². The summed E-state index contributed by atoms with van der Waals surface area (Å²) in [5.74, 6) is -1.50. The number of ether oxygens (including phenoxy) is 1. The lowest BCUT2D eigenvalue weighted by atomic mass is 9.89. The molecule has 2 aliphatic rings. The van der Waals surface area contributed by atoms with E-state index < -0.39 is 11.7 Å². The number of hydrogen-bond donors (Lipinski definition) is 2. The van der Waals surface area contributed by atoms with Gasteiger partial charge in [-0.05, 0) is 30.5 Å². The van der Waals surface area contributed by atoms with Gasteiger partial charge in [0.05, 0.1) is 12.0 Å². The minimum absolute atomic E-state index is 0.0547. The number of halogens is 1. The molecule has 1 aromatic rings. The van der Waals surface area contributed by atoms with Crippen LogP contribution in [0.5, 0.6) is 0 Å². The molecule has 2 heterocycles. The molecular formula is C15H17FN2O3. The van der Waals surface area contributed by atoms with Crippen LogP contribution in [-0.4, -0.2) is 31.1 Å². The van der Waals surface area contributed by atoms with Crippen molar-refractivity contribution in [3.05, 3.63) is 29.6 Å². The van der Waals surface area contributed by atoms with Gasteiger partial charge in [-0.2, -0.15) is 0 Å². The zero-order valence-electron chi connectivity index (χ0n) is 11.5. The minimum Gasteiger partial charge on any atom is -0.376 e. The highest BCUT2D eigenvalue weighted by Crippen LogP contribution is 2.32. The predicted molar refractivity (Wildman–Crippen MR) is 74.4 cm³/mol. The van der Waals surface area contributed by atoms with Crippen LogP contribution in [0, 0.1) is 5.82 Å². The second kappa shape index (κ2) is 5.81. The third-order valence-corrected chi connectivity index (χ3v) is 3.90. The molecule has 0 bridgehead atoms. The summed E-state index contributed by atoms with van der Waals surface area (Å²) in [7, 11) is 0. The molecule has 112 valence electrons. The molecule has 0 spiro atoms. The summed E-state index contributed by atoms with van der Waals surface area (Å²) in [5, 5.41) is 5.43. The van der Waals surface area contributed by atoms with E-state index in [2.05, 4.69) is 10.6 Å². The van der Waals surface area contributed by atoms with Gasteiger partial charge >= 0.3 is 0 Å². The Bertz CT molecular complexity index is 570. The average molecular weight is 292 g/mol. The largest absolute Gasteiger partial charge is 0.376 e. The lowest BCUT2D eigenvalue weighted by molar-refractivity contribution is -0.126. The van der Waals surface area contributed by atoms with Crippen LogP contribution in [0.25, 0.3) is 0 Å². The van der Waals surface area contributed by atoms with Crippen molar-refractivity contribution in [2.24, 2.45) is 0 Å². The van der Waals surface area contributed by atoms with Gasteiger partial charge in [0.2, 0.25) is 11.8 Å². The fourth-order valence-electron chi connectivity index (χ4n) is 2.81. The Kier molecular flexibility index (Phi) is 3.88. The zero-order valence-corrected chi connectivity index (χ0v) is 11.5. The summed E-state index contributed by atoms with van der Waals surface area (Å²) in [5.41, 5.74) is 1.03. The smallest absolute Gasteiger partial charge is 0.228 e. The molecule has 6 heteroatoms. The van der Waals surface area contributed by atoms with Crippen LogP contribution >= 0.6 is 0 Å². The van der Waals surface area contributed by atoms with Gasteiger partial charge in [-0.15, -0.1) is 0 Å². The van der Waals surface area contributed by atoms with E-state index in [-0.39, 0.29) is 24.3 Å². The SMILES string of the molecule is O=C1CC(C(=O)NCC2CCCO2)c2ccc(F)cc2N1. The highest BCUT2D eigenvalue weighted by molar-refractivity contribution is 6.01. The Labute approximate surface area is 121 Å². The predicted octanol–water partition coefficient (Wildman–Crippen LogP) is 1.55. The molecule has 0 aliphatic carbocycles. The zero-order chi connectivity index (χ0) is 14.8. The first kappa shape index (κ1) is 14.0. The number of carbonyl (C=O) groups is 2. The summed E-state index contributed by atoms with van der Waals surface area (Å²) in [6.45, 7) is 1.18. The van der Waals surface area contributed by atoms with E-state index in [0.717, 1.165) is 19.4 Å². The molecule has 2 amide bonds. The normalized spacial score (nSPS) is 24.3. The van der Waals surface area contributed by atoms with Crippen LogP contribution in [-0.2, 0) is 14.3 Å². The molecule has 1 saturated heterocycles. The maximum absolute atomic E-state index is 13.2. The molecule has 2 N–H and O–H groups in total. The van der Waals surface area contributed by atoms with E-state index >= 15 is 0 Å². The van der Waals surface area contributed by atoms with Gasteiger partial charge in [0.15, 0.2) is 0 Å². The van der Waals surface area contributed by atoms with E-state index in [4.69, 9.17) is 4.74 Å². The summed E-state index contributed by atoms with van der Waals surface area (Å²) < 4.78 is 18.7. The van der Waals surface area contributed by atoms with Crippen molar-refractivity contribution >= 4 is 17.5 Å². The fraction of sp³-hybridized carbons (Fsp3) is 0.467. The second-order valence-corrected chi connectivity index (χ2v) is 5.42. The number of nitrogens with one attached hydrogen (secondary N) is 2. The van der Waals surface area contributed by atoms with Crippen molar-refractivity contribution in [2.45, 2.75) is 31.3 Å². The molecule has 5 nitrogen and oxygen atoms in total. The lowest BCUT2D eigenvalue weighted by Gasteiger charge is -2.25. The Morgan fingerprint density at radius 1 is 1.48 bits per heavy atom. The first-order chi connectivity index (χ1) is 10.1. The van der Waals surface area contributed by atoms with Crippen molar-refractivity contribution in [3.8, 4) is 0 Å². The monoisotopic (exact) mass is 292 g/mol.